The summed E-state index contributed by atoms with van der Waals surface area (Å²) < 4.78 is 4.68. The molecule has 1 aromatic heterocycles. The molecule has 0 spiro atoms. The second kappa shape index (κ2) is 5.67. The lowest BCUT2D eigenvalue weighted by Gasteiger charge is -2.20. The minimum absolute atomic E-state index is 0.371. The molecule has 0 fully saturated rings. The average molecular weight is 278 g/mol. The van der Waals surface area contributed by atoms with Crippen molar-refractivity contribution in [3.63, 3.8) is 0 Å². The predicted octanol–water partition coefficient (Wildman–Crippen LogP) is 2.54. The van der Waals surface area contributed by atoms with Gasteiger partial charge >= 0.3 is 5.97 Å². The first-order valence-corrected chi connectivity index (χ1v) is 7.09. The zero-order valence-corrected chi connectivity index (χ0v) is 11.9. The normalized spacial score (nSPS) is 14.3. The number of hydrogen-bond donors (Lipinski definition) is 2. The fourth-order valence-electron chi connectivity index (χ4n) is 1.83. The van der Waals surface area contributed by atoms with Crippen molar-refractivity contribution in [2.75, 3.05) is 12.9 Å². The summed E-state index contributed by atoms with van der Waals surface area (Å²) in [7, 11) is 1.36. The summed E-state index contributed by atoms with van der Waals surface area (Å²) in [4.78, 5) is 14.8. The third kappa shape index (κ3) is 3.30. The molecule has 0 aliphatic heterocycles. The summed E-state index contributed by atoms with van der Waals surface area (Å²) in [6, 6.07) is 10.2. The van der Waals surface area contributed by atoms with E-state index in [4.69, 9.17) is 5.73 Å². The molecule has 1 heterocycles. The number of rotatable bonds is 5. The lowest BCUT2D eigenvalue weighted by molar-refractivity contribution is -0.146. The third-order valence-corrected chi connectivity index (χ3v) is 3.98. The van der Waals surface area contributed by atoms with E-state index in [1.165, 1.54) is 12.5 Å². The lowest BCUT2D eigenvalue weighted by Crippen LogP contribution is -2.46. The number of aromatic amines is 1. The molecule has 1 aromatic carbocycles. The van der Waals surface area contributed by atoms with Gasteiger partial charge in [0.2, 0.25) is 0 Å². The highest BCUT2D eigenvalue weighted by atomic mass is 32.2. The first kappa shape index (κ1) is 14.0. The van der Waals surface area contributed by atoms with Gasteiger partial charge in [-0.3, -0.25) is 4.79 Å². The van der Waals surface area contributed by atoms with Crippen LogP contribution in [0.25, 0.3) is 10.9 Å². The van der Waals surface area contributed by atoms with Gasteiger partial charge in [0.05, 0.1) is 12.1 Å². The highest BCUT2D eigenvalue weighted by Crippen LogP contribution is 2.25. The van der Waals surface area contributed by atoms with Crippen molar-refractivity contribution in [2.24, 2.45) is 5.73 Å². The Bertz CT molecular complexity index is 545. The van der Waals surface area contributed by atoms with Gasteiger partial charge in [0.1, 0.15) is 5.54 Å². The fourth-order valence-corrected chi connectivity index (χ4v) is 2.97. The number of hydrogen-bond acceptors (Lipinski definition) is 4. The molecule has 1 atom stereocenters. The molecule has 0 bridgehead atoms. The number of fused-ring (bicyclic) bond motifs is 1. The van der Waals surface area contributed by atoms with Gasteiger partial charge in [-0.25, -0.2) is 0 Å². The Morgan fingerprint density at radius 2 is 2.21 bits per heavy atom. The number of H-pyrrole nitrogens is 1. The predicted molar refractivity (Wildman–Crippen MR) is 78.2 cm³/mol. The first-order chi connectivity index (χ1) is 9.03. The number of nitrogens with one attached hydrogen (secondary N) is 1. The van der Waals surface area contributed by atoms with Crippen LogP contribution in [0.3, 0.4) is 0 Å². The minimum atomic E-state index is -0.923. The molecule has 0 radical (unpaired) electrons. The SMILES string of the molecule is COC(=O)C(C)(N)CCSc1cc2ccccc2[nH]1. The summed E-state index contributed by atoms with van der Waals surface area (Å²) >= 11 is 1.66. The molecule has 0 saturated heterocycles. The van der Waals surface area contributed by atoms with Crippen molar-refractivity contribution in [3.8, 4) is 0 Å². The quantitative estimate of drug-likeness (QED) is 0.651. The van der Waals surface area contributed by atoms with Crippen LogP contribution in [-0.2, 0) is 9.53 Å². The standard InChI is InChI=1S/C14H18N2O2S/c1-14(15,13(17)18-2)7-8-19-12-9-10-5-3-4-6-11(10)16-12/h3-6,9,16H,7-8,15H2,1-2H3. The number of benzene rings is 1. The number of thioether (sulfide) groups is 1. The summed E-state index contributed by atoms with van der Waals surface area (Å²) in [6.07, 6.45) is 0.569. The topological polar surface area (TPSA) is 68.1 Å². The number of aromatic nitrogens is 1. The number of ether oxygens (including phenoxy) is 1. The molecule has 0 saturated carbocycles. The number of methoxy groups -OCH3 is 1. The molecular formula is C14H18N2O2S. The number of carbonyl (C=O) groups excluding carboxylic acids is 1. The largest absolute Gasteiger partial charge is 0.468 e. The molecule has 0 amide bonds. The maximum Gasteiger partial charge on any atom is 0.325 e. The second-order valence-electron chi connectivity index (χ2n) is 4.73. The fraction of sp³-hybridized carbons (Fsp3) is 0.357. The van der Waals surface area contributed by atoms with Crippen molar-refractivity contribution in [1.29, 1.82) is 0 Å². The smallest absolute Gasteiger partial charge is 0.325 e. The Kier molecular flexibility index (Phi) is 4.17. The van der Waals surface area contributed by atoms with E-state index >= 15 is 0 Å². The maximum atomic E-state index is 11.5. The summed E-state index contributed by atoms with van der Waals surface area (Å²) in [6.45, 7) is 1.70. The van der Waals surface area contributed by atoms with E-state index in [0.717, 1.165) is 16.3 Å². The van der Waals surface area contributed by atoms with Gasteiger partial charge in [-0.15, -0.1) is 11.8 Å². The van der Waals surface area contributed by atoms with Gasteiger partial charge in [0.15, 0.2) is 0 Å². The van der Waals surface area contributed by atoms with Gasteiger partial charge in [-0.1, -0.05) is 18.2 Å². The van der Waals surface area contributed by atoms with Gasteiger partial charge in [0.25, 0.3) is 0 Å². The van der Waals surface area contributed by atoms with E-state index in [0.29, 0.717) is 6.42 Å². The van der Waals surface area contributed by atoms with Crippen LogP contribution in [-0.4, -0.2) is 29.4 Å². The van der Waals surface area contributed by atoms with Crippen molar-refractivity contribution >= 4 is 28.6 Å². The number of carbonyl (C=O) groups is 1. The van der Waals surface area contributed by atoms with Crippen LogP contribution in [0.1, 0.15) is 13.3 Å². The van der Waals surface area contributed by atoms with Crippen LogP contribution in [0.2, 0.25) is 0 Å². The van der Waals surface area contributed by atoms with Gasteiger partial charge in [0, 0.05) is 16.7 Å². The average Bonchev–Trinajstić information content (AvgIpc) is 2.80. The zero-order valence-electron chi connectivity index (χ0n) is 11.1. The molecule has 19 heavy (non-hydrogen) atoms. The lowest BCUT2D eigenvalue weighted by atomic mass is 10.0. The van der Waals surface area contributed by atoms with E-state index < -0.39 is 5.54 Å². The van der Waals surface area contributed by atoms with Crippen LogP contribution < -0.4 is 5.73 Å². The van der Waals surface area contributed by atoms with E-state index in [1.54, 1.807) is 18.7 Å². The number of nitrogens with two attached hydrogens (primary N) is 1. The Balaban J connectivity index is 1.94. The Hall–Kier alpha value is -1.46. The molecule has 102 valence electrons. The number of para-hydroxylation sites is 1. The molecule has 4 nitrogen and oxygen atoms in total. The maximum absolute atomic E-state index is 11.5. The molecule has 2 rings (SSSR count). The molecule has 0 aliphatic rings. The van der Waals surface area contributed by atoms with Crippen molar-refractivity contribution < 1.29 is 9.53 Å². The molecule has 0 aliphatic carbocycles. The van der Waals surface area contributed by atoms with Crippen LogP contribution in [0.15, 0.2) is 35.4 Å². The summed E-state index contributed by atoms with van der Waals surface area (Å²) in [5, 5.41) is 2.27. The Morgan fingerprint density at radius 3 is 2.89 bits per heavy atom. The highest BCUT2D eigenvalue weighted by Gasteiger charge is 2.28. The van der Waals surface area contributed by atoms with E-state index in [-0.39, 0.29) is 5.97 Å². The van der Waals surface area contributed by atoms with E-state index in [1.807, 2.05) is 18.2 Å². The van der Waals surface area contributed by atoms with Gasteiger partial charge < -0.3 is 15.5 Å². The second-order valence-corrected chi connectivity index (χ2v) is 5.87. The monoisotopic (exact) mass is 278 g/mol. The van der Waals surface area contributed by atoms with Gasteiger partial charge in [-0.2, -0.15) is 0 Å². The van der Waals surface area contributed by atoms with Crippen LogP contribution >= 0.6 is 11.8 Å². The van der Waals surface area contributed by atoms with Crippen LogP contribution in [0.4, 0.5) is 0 Å². The third-order valence-electron chi connectivity index (χ3n) is 3.04. The molecule has 3 N–H and O–H groups in total. The zero-order chi connectivity index (χ0) is 13.9. The van der Waals surface area contributed by atoms with Crippen molar-refractivity contribution in [3.05, 3.63) is 30.3 Å². The van der Waals surface area contributed by atoms with Crippen LogP contribution in [0.5, 0.6) is 0 Å². The van der Waals surface area contributed by atoms with Crippen molar-refractivity contribution in [2.45, 2.75) is 23.9 Å². The molecular weight excluding hydrogens is 260 g/mol. The molecule has 5 heteroatoms. The molecule has 1 unspecified atom stereocenters. The Morgan fingerprint density at radius 1 is 1.47 bits per heavy atom. The van der Waals surface area contributed by atoms with Crippen molar-refractivity contribution in [1.82, 2.24) is 4.98 Å². The Labute approximate surface area is 116 Å². The van der Waals surface area contributed by atoms with Crippen LogP contribution in [0, 0.1) is 0 Å². The highest BCUT2D eigenvalue weighted by molar-refractivity contribution is 7.99. The van der Waals surface area contributed by atoms with E-state index in [2.05, 4.69) is 21.9 Å². The summed E-state index contributed by atoms with van der Waals surface area (Å²) in [5.74, 6) is 0.388. The van der Waals surface area contributed by atoms with E-state index in [9.17, 15) is 4.79 Å². The minimum Gasteiger partial charge on any atom is -0.468 e. The van der Waals surface area contributed by atoms with Gasteiger partial charge in [-0.05, 0) is 25.5 Å². The number of esters is 1. The first-order valence-electron chi connectivity index (χ1n) is 6.11. The summed E-state index contributed by atoms with van der Waals surface area (Å²) in [5.41, 5.74) is 6.11. The molecule has 2 aromatic rings.